The number of rotatable bonds is 2. The van der Waals surface area contributed by atoms with Crippen molar-refractivity contribution in [1.82, 2.24) is 5.43 Å². The minimum atomic E-state index is -0.941. The van der Waals surface area contributed by atoms with E-state index in [4.69, 9.17) is 5.73 Å². The smallest absolute Gasteiger partial charge is 0.184 e. The monoisotopic (exact) mass is 229 g/mol. The maximum absolute atomic E-state index is 13.2. The van der Waals surface area contributed by atoms with Crippen LogP contribution in [0.4, 0.5) is 8.78 Å². The minimum absolute atomic E-state index is 0.0295. The summed E-state index contributed by atoms with van der Waals surface area (Å²) >= 11 is 4.48. The number of nitrogens with two attached hydrogens (primary N) is 1. The molecule has 1 aromatic carbocycles. The molecule has 0 aliphatic heterocycles. The number of nitrogens with one attached hydrogen (secondary N) is 1. The van der Waals surface area contributed by atoms with Crippen molar-refractivity contribution in [3.05, 3.63) is 34.9 Å². The fourth-order valence-corrected chi connectivity index (χ4v) is 0.979. The van der Waals surface area contributed by atoms with Crippen molar-refractivity contribution in [2.45, 2.75) is 6.92 Å². The first-order valence-corrected chi connectivity index (χ1v) is 4.46. The Morgan fingerprint density at radius 2 is 2.13 bits per heavy atom. The zero-order valence-corrected chi connectivity index (χ0v) is 8.74. The third-order valence-electron chi connectivity index (χ3n) is 1.68. The largest absolute Gasteiger partial charge is 0.375 e. The highest BCUT2D eigenvalue weighted by Crippen LogP contribution is 2.13. The number of halogens is 2. The SMILES string of the molecule is Cc1ccc(C=NNC(N)=S)c(F)c1F. The fraction of sp³-hybridized carbons (Fsp3) is 0.111. The van der Waals surface area contributed by atoms with Gasteiger partial charge in [-0.25, -0.2) is 8.78 Å². The molecule has 0 saturated heterocycles. The molecule has 15 heavy (non-hydrogen) atoms. The van der Waals surface area contributed by atoms with Crippen LogP contribution in [0.2, 0.25) is 0 Å². The summed E-state index contributed by atoms with van der Waals surface area (Å²) in [7, 11) is 0. The zero-order valence-electron chi connectivity index (χ0n) is 7.92. The second-order valence-electron chi connectivity index (χ2n) is 2.83. The van der Waals surface area contributed by atoms with Gasteiger partial charge >= 0.3 is 0 Å². The molecule has 0 atom stereocenters. The van der Waals surface area contributed by atoms with Gasteiger partial charge in [-0.05, 0) is 30.8 Å². The van der Waals surface area contributed by atoms with Gasteiger partial charge in [-0.1, -0.05) is 6.07 Å². The molecule has 0 spiro atoms. The van der Waals surface area contributed by atoms with Crippen LogP contribution in [0.15, 0.2) is 17.2 Å². The third-order valence-corrected chi connectivity index (χ3v) is 1.77. The summed E-state index contributed by atoms with van der Waals surface area (Å²) in [6.07, 6.45) is 1.11. The number of aryl methyl sites for hydroxylation is 1. The highest BCUT2D eigenvalue weighted by atomic mass is 32.1. The van der Waals surface area contributed by atoms with Gasteiger partial charge in [-0.3, -0.25) is 5.43 Å². The number of hydrazone groups is 1. The van der Waals surface area contributed by atoms with Gasteiger partial charge in [0, 0.05) is 5.56 Å². The summed E-state index contributed by atoms with van der Waals surface area (Å²) in [5.74, 6) is -1.82. The van der Waals surface area contributed by atoms with E-state index in [1.54, 1.807) is 0 Å². The van der Waals surface area contributed by atoms with Crippen LogP contribution < -0.4 is 11.2 Å². The Morgan fingerprint density at radius 3 is 2.73 bits per heavy atom. The van der Waals surface area contributed by atoms with Crippen molar-refractivity contribution < 1.29 is 8.78 Å². The second-order valence-corrected chi connectivity index (χ2v) is 3.27. The summed E-state index contributed by atoms with van der Waals surface area (Å²) in [5, 5.41) is 3.48. The van der Waals surface area contributed by atoms with E-state index in [0.29, 0.717) is 0 Å². The molecule has 80 valence electrons. The molecule has 3 nitrogen and oxygen atoms in total. The number of nitrogens with zero attached hydrogens (tertiary/aromatic N) is 1. The van der Waals surface area contributed by atoms with Gasteiger partial charge in [0.05, 0.1) is 6.21 Å². The fourth-order valence-electron chi connectivity index (χ4n) is 0.926. The molecular formula is C9H9F2N3S. The van der Waals surface area contributed by atoms with E-state index < -0.39 is 11.6 Å². The summed E-state index contributed by atoms with van der Waals surface area (Å²) in [6, 6.07) is 2.87. The second kappa shape index (κ2) is 4.79. The van der Waals surface area contributed by atoms with E-state index in [1.165, 1.54) is 19.1 Å². The first kappa shape index (κ1) is 11.5. The van der Waals surface area contributed by atoms with Crippen LogP contribution in [-0.2, 0) is 0 Å². The maximum Gasteiger partial charge on any atom is 0.184 e. The summed E-state index contributed by atoms with van der Waals surface area (Å²) in [5.41, 5.74) is 7.60. The number of hydrogen-bond donors (Lipinski definition) is 2. The quantitative estimate of drug-likeness (QED) is 0.458. The van der Waals surface area contributed by atoms with E-state index in [0.717, 1.165) is 6.21 Å². The molecule has 0 amide bonds. The van der Waals surface area contributed by atoms with Gasteiger partial charge < -0.3 is 5.73 Å². The average Bonchev–Trinajstić information content (AvgIpc) is 2.18. The lowest BCUT2D eigenvalue weighted by Gasteiger charge is -2.01. The van der Waals surface area contributed by atoms with Crippen LogP contribution in [0, 0.1) is 18.6 Å². The number of benzene rings is 1. The topological polar surface area (TPSA) is 50.4 Å². The molecule has 0 unspecified atom stereocenters. The van der Waals surface area contributed by atoms with Gasteiger partial charge in [0.15, 0.2) is 16.7 Å². The normalized spacial score (nSPS) is 10.6. The predicted molar refractivity (Wildman–Crippen MR) is 58.6 cm³/mol. The molecule has 6 heteroatoms. The van der Waals surface area contributed by atoms with Gasteiger partial charge in [-0.2, -0.15) is 5.10 Å². The molecule has 0 saturated carbocycles. The van der Waals surface area contributed by atoms with Gasteiger partial charge in [0.25, 0.3) is 0 Å². The molecule has 3 N–H and O–H groups in total. The Labute approximate surface area is 91.0 Å². The average molecular weight is 229 g/mol. The highest BCUT2D eigenvalue weighted by Gasteiger charge is 2.08. The Kier molecular flexibility index (Phi) is 3.68. The van der Waals surface area contributed by atoms with Gasteiger partial charge in [0.2, 0.25) is 0 Å². The zero-order chi connectivity index (χ0) is 11.4. The molecule has 0 radical (unpaired) electrons. The Hall–Kier alpha value is -1.56. The molecular weight excluding hydrogens is 220 g/mol. The lowest BCUT2D eigenvalue weighted by atomic mass is 10.1. The standard InChI is InChI=1S/C9H9F2N3S/c1-5-2-3-6(8(11)7(5)10)4-13-14-9(12)15/h2-4H,1H3,(H3,12,14,15). The van der Waals surface area contributed by atoms with Gasteiger partial charge in [-0.15, -0.1) is 0 Å². The maximum atomic E-state index is 13.2. The van der Waals surface area contributed by atoms with Crippen LogP contribution in [-0.4, -0.2) is 11.3 Å². The van der Waals surface area contributed by atoms with Gasteiger partial charge in [0.1, 0.15) is 0 Å². The molecule has 0 heterocycles. The van der Waals surface area contributed by atoms with Crippen LogP contribution in [0.25, 0.3) is 0 Å². The van der Waals surface area contributed by atoms with E-state index in [9.17, 15) is 8.78 Å². The van der Waals surface area contributed by atoms with E-state index in [1.807, 2.05) is 0 Å². The van der Waals surface area contributed by atoms with Crippen molar-refractivity contribution in [1.29, 1.82) is 0 Å². The lowest BCUT2D eigenvalue weighted by Crippen LogP contribution is -2.24. The van der Waals surface area contributed by atoms with Crippen LogP contribution >= 0.6 is 12.2 Å². The minimum Gasteiger partial charge on any atom is -0.375 e. The first-order valence-electron chi connectivity index (χ1n) is 4.05. The van der Waals surface area contributed by atoms with Crippen molar-refractivity contribution >= 4 is 23.5 Å². The van der Waals surface area contributed by atoms with Crippen molar-refractivity contribution in [2.75, 3.05) is 0 Å². The summed E-state index contributed by atoms with van der Waals surface area (Å²) < 4.78 is 26.3. The lowest BCUT2D eigenvalue weighted by molar-refractivity contribution is 0.502. The van der Waals surface area contributed by atoms with Crippen LogP contribution in [0.3, 0.4) is 0 Å². The van der Waals surface area contributed by atoms with Crippen molar-refractivity contribution in [2.24, 2.45) is 10.8 Å². The summed E-state index contributed by atoms with van der Waals surface area (Å²) in [6.45, 7) is 1.48. The molecule has 0 fully saturated rings. The predicted octanol–water partition coefficient (Wildman–Crippen LogP) is 1.44. The molecule has 0 aromatic heterocycles. The van der Waals surface area contributed by atoms with Crippen molar-refractivity contribution in [3.63, 3.8) is 0 Å². The molecule has 0 aliphatic carbocycles. The van der Waals surface area contributed by atoms with Crippen LogP contribution in [0.1, 0.15) is 11.1 Å². The Bertz CT molecular complexity index is 418. The molecule has 0 bridgehead atoms. The van der Waals surface area contributed by atoms with Crippen molar-refractivity contribution in [3.8, 4) is 0 Å². The first-order chi connectivity index (χ1) is 7.02. The molecule has 1 rings (SSSR count). The van der Waals surface area contributed by atoms with E-state index >= 15 is 0 Å². The van der Waals surface area contributed by atoms with E-state index in [2.05, 4.69) is 22.7 Å². The highest BCUT2D eigenvalue weighted by molar-refractivity contribution is 7.80. The number of thiocarbonyl (C=S) groups is 1. The van der Waals surface area contributed by atoms with E-state index in [-0.39, 0.29) is 16.2 Å². The van der Waals surface area contributed by atoms with Crippen LogP contribution in [0.5, 0.6) is 0 Å². The Morgan fingerprint density at radius 1 is 1.47 bits per heavy atom. The molecule has 1 aromatic rings. The summed E-state index contributed by atoms with van der Waals surface area (Å²) in [4.78, 5) is 0. The molecule has 0 aliphatic rings. The number of hydrogen-bond acceptors (Lipinski definition) is 2. The third kappa shape index (κ3) is 2.95. The Balaban J connectivity index is 2.92.